The van der Waals surface area contributed by atoms with Crippen LogP contribution in [0.5, 0.6) is 0 Å². The summed E-state index contributed by atoms with van der Waals surface area (Å²) >= 11 is 0. The maximum atomic E-state index is 11.5. The maximum absolute atomic E-state index is 11.5. The molecule has 1 aliphatic rings. The van der Waals surface area contributed by atoms with Crippen molar-refractivity contribution < 1.29 is 24.2 Å². The Hall–Kier alpha value is -1.34. The lowest BCUT2D eigenvalue weighted by atomic mass is 10.0. The molecule has 0 spiro atoms. The van der Waals surface area contributed by atoms with E-state index in [1.807, 2.05) is 6.92 Å². The Balaban J connectivity index is 2.23. The molecule has 0 aliphatic carbocycles. The van der Waals surface area contributed by atoms with Gasteiger partial charge in [0.2, 0.25) is 0 Å². The number of hydrogen-bond acceptors (Lipinski definition) is 4. The van der Waals surface area contributed by atoms with Gasteiger partial charge in [0.25, 0.3) is 0 Å². The van der Waals surface area contributed by atoms with Gasteiger partial charge in [0, 0.05) is 20.3 Å². The molecule has 0 aromatic heterocycles. The Morgan fingerprint density at radius 2 is 2.22 bits per heavy atom. The normalized spacial score (nSPS) is 24.6. The highest BCUT2D eigenvalue weighted by Crippen LogP contribution is 2.23. The second-order valence-electron chi connectivity index (χ2n) is 4.53. The minimum Gasteiger partial charge on any atom is -0.479 e. The van der Waals surface area contributed by atoms with E-state index < -0.39 is 18.1 Å². The van der Waals surface area contributed by atoms with Crippen LogP contribution in [0.15, 0.2) is 0 Å². The lowest BCUT2D eigenvalue weighted by molar-refractivity contribution is -0.148. The minimum absolute atomic E-state index is 0.0742. The number of hydrogen-bond donors (Lipinski definition) is 3. The first-order valence-corrected chi connectivity index (χ1v) is 5.88. The molecule has 2 atom stereocenters. The van der Waals surface area contributed by atoms with E-state index in [0.717, 1.165) is 12.8 Å². The Morgan fingerprint density at radius 1 is 1.50 bits per heavy atom. The standard InChI is InChI=1S/C11H20N2O5/c1-11(4-3-5-18-11)7-13-10(16)12-6-8(17-2)9(14)15/h8H,3-7H2,1-2H3,(H,14,15)(H2,12,13,16). The van der Waals surface area contributed by atoms with Gasteiger partial charge in [-0.25, -0.2) is 9.59 Å². The number of nitrogens with one attached hydrogen (secondary N) is 2. The minimum atomic E-state index is -1.11. The summed E-state index contributed by atoms with van der Waals surface area (Å²) in [6.07, 6.45) is 0.863. The van der Waals surface area contributed by atoms with E-state index in [2.05, 4.69) is 10.6 Å². The van der Waals surface area contributed by atoms with E-state index in [1.54, 1.807) is 0 Å². The molecule has 0 aromatic carbocycles. The SMILES string of the molecule is COC(CNC(=O)NCC1(C)CCCO1)C(=O)O. The van der Waals surface area contributed by atoms with E-state index in [1.165, 1.54) is 7.11 Å². The number of carboxylic acid groups (broad SMARTS) is 1. The van der Waals surface area contributed by atoms with Crippen LogP contribution in [-0.4, -0.2) is 55.6 Å². The first-order chi connectivity index (χ1) is 8.47. The Kier molecular flexibility index (Phi) is 5.36. The Morgan fingerprint density at radius 3 is 2.72 bits per heavy atom. The van der Waals surface area contributed by atoms with Crippen LogP contribution in [0.4, 0.5) is 4.79 Å². The molecule has 1 saturated heterocycles. The third kappa shape index (κ3) is 4.50. The molecule has 0 bridgehead atoms. The predicted octanol–water partition coefficient (Wildman–Crippen LogP) is -0.0457. The van der Waals surface area contributed by atoms with Crippen LogP contribution in [0.25, 0.3) is 0 Å². The number of carboxylic acids is 1. The smallest absolute Gasteiger partial charge is 0.334 e. The summed E-state index contributed by atoms with van der Waals surface area (Å²) < 4.78 is 10.2. The van der Waals surface area contributed by atoms with Gasteiger partial charge in [0.1, 0.15) is 0 Å². The highest BCUT2D eigenvalue weighted by Gasteiger charge is 2.30. The summed E-state index contributed by atoms with van der Waals surface area (Å²) in [6, 6.07) is -0.421. The molecule has 7 heteroatoms. The predicted molar refractivity (Wildman–Crippen MR) is 63.4 cm³/mol. The highest BCUT2D eigenvalue weighted by atomic mass is 16.5. The number of carbonyl (C=O) groups is 2. The molecule has 2 amide bonds. The van der Waals surface area contributed by atoms with E-state index in [4.69, 9.17) is 14.6 Å². The molecule has 18 heavy (non-hydrogen) atoms. The van der Waals surface area contributed by atoms with Crippen LogP contribution < -0.4 is 10.6 Å². The van der Waals surface area contributed by atoms with E-state index in [9.17, 15) is 9.59 Å². The van der Waals surface area contributed by atoms with E-state index >= 15 is 0 Å². The molecular weight excluding hydrogens is 240 g/mol. The van der Waals surface area contributed by atoms with Crippen molar-refractivity contribution in [2.24, 2.45) is 0 Å². The van der Waals surface area contributed by atoms with Crippen LogP contribution in [0.1, 0.15) is 19.8 Å². The van der Waals surface area contributed by atoms with Gasteiger partial charge in [-0.1, -0.05) is 0 Å². The fourth-order valence-electron chi connectivity index (χ4n) is 1.76. The zero-order valence-electron chi connectivity index (χ0n) is 10.7. The van der Waals surface area contributed by atoms with Crippen LogP contribution in [0.2, 0.25) is 0 Å². The average Bonchev–Trinajstić information content (AvgIpc) is 2.74. The molecule has 3 N–H and O–H groups in total. The van der Waals surface area contributed by atoms with Crippen molar-refractivity contribution in [1.82, 2.24) is 10.6 Å². The third-order valence-corrected chi connectivity index (χ3v) is 2.93. The van der Waals surface area contributed by atoms with Gasteiger partial charge < -0.3 is 25.2 Å². The van der Waals surface area contributed by atoms with Crippen molar-refractivity contribution >= 4 is 12.0 Å². The molecule has 0 saturated carbocycles. The van der Waals surface area contributed by atoms with Crippen LogP contribution in [-0.2, 0) is 14.3 Å². The topological polar surface area (TPSA) is 96.9 Å². The summed E-state index contributed by atoms with van der Waals surface area (Å²) in [6.45, 7) is 2.98. The van der Waals surface area contributed by atoms with Gasteiger partial charge in [0.05, 0.1) is 12.1 Å². The van der Waals surface area contributed by atoms with Gasteiger partial charge in [-0.2, -0.15) is 0 Å². The van der Waals surface area contributed by atoms with Gasteiger partial charge in [-0.3, -0.25) is 0 Å². The fraction of sp³-hybridized carbons (Fsp3) is 0.818. The van der Waals surface area contributed by atoms with Crippen LogP contribution in [0, 0.1) is 0 Å². The number of rotatable bonds is 6. The monoisotopic (exact) mass is 260 g/mol. The van der Waals surface area contributed by atoms with Gasteiger partial charge in [-0.15, -0.1) is 0 Å². The molecule has 1 aliphatic heterocycles. The average molecular weight is 260 g/mol. The van der Waals surface area contributed by atoms with E-state index in [-0.39, 0.29) is 12.1 Å². The van der Waals surface area contributed by atoms with Crippen molar-refractivity contribution in [3.63, 3.8) is 0 Å². The summed E-state index contributed by atoms with van der Waals surface area (Å²) in [5.74, 6) is -1.11. The number of urea groups is 1. The largest absolute Gasteiger partial charge is 0.479 e. The maximum Gasteiger partial charge on any atom is 0.334 e. The molecule has 1 fully saturated rings. The number of methoxy groups -OCH3 is 1. The van der Waals surface area contributed by atoms with E-state index in [0.29, 0.717) is 13.2 Å². The van der Waals surface area contributed by atoms with Crippen molar-refractivity contribution in [1.29, 1.82) is 0 Å². The molecule has 0 aromatic rings. The molecule has 7 nitrogen and oxygen atoms in total. The molecular formula is C11H20N2O5. The summed E-state index contributed by atoms with van der Waals surface area (Å²) in [5.41, 5.74) is -0.315. The van der Waals surface area contributed by atoms with Crippen molar-refractivity contribution in [3.05, 3.63) is 0 Å². The third-order valence-electron chi connectivity index (χ3n) is 2.93. The van der Waals surface area contributed by atoms with Crippen molar-refractivity contribution in [2.45, 2.75) is 31.5 Å². The summed E-state index contributed by atoms with van der Waals surface area (Å²) in [4.78, 5) is 22.1. The number of amides is 2. The van der Waals surface area contributed by atoms with Gasteiger partial charge in [-0.05, 0) is 19.8 Å². The number of ether oxygens (including phenoxy) is 2. The van der Waals surface area contributed by atoms with Crippen molar-refractivity contribution in [3.8, 4) is 0 Å². The number of aliphatic carboxylic acids is 1. The zero-order chi connectivity index (χ0) is 13.6. The first kappa shape index (κ1) is 14.7. The molecule has 104 valence electrons. The first-order valence-electron chi connectivity index (χ1n) is 5.88. The highest BCUT2D eigenvalue weighted by molar-refractivity contribution is 5.76. The van der Waals surface area contributed by atoms with Crippen LogP contribution in [0.3, 0.4) is 0 Å². The Bertz CT molecular complexity index is 302. The van der Waals surface area contributed by atoms with Gasteiger partial charge in [0.15, 0.2) is 6.10 Å². The fourth-order valence-corrected chi connectivity index (χ4v) is 1.76. The molecule has 1 heterocycles. The second kappa shape index (κ2) is 6.55. The molecule has 0 radical (unpaired) electrons. The summed E-state index contributed by atoms with van der Waals surface area (Å²) in [5, 5.41) is 13.8. The lowest BCUT2D eigenvalue weighted by Gasteiger charge is -2.23. The zero-order valence-corrected chi connectivity index (χ0v) is 10.7. The number of carbonyl (C=O) groups excluding carboxylic acids is 1. The summed E-state index contributed by atoms with van der Waals surface area (Å²) in [7, 11) is 1.28. The van der Waals surface area contributed by atoms with Crippen molar-refractivity contribution in [2.75, 3.05) is 26.8 Å². The molecule has 2 unspecified atom stereocenters. The van der Waals surface area contributed by atoms with Crippen LogP contribution >= 0.6 is 0 Å². The Labute approximate surface area is 106 Å². The second-order valence-corrected chi connectivity index (χ2v) is 4.53. The van der Waals surface area contributed by atoms with Gasteiger partial charge >= 0.3 is 12.0 Å². The quantitative estimate of drug-likeness (QED) is 0.622. The lowest BCUT2D eigenvalue weighted by Crippen LogP contribution is -2.47. The molecule has 1 rings (SSSR count).